The predicted octanol–water partition coefficient (Wildman–Crippen LogP) is 0.776. The molecule has 126 valence electrons. The SMILES string of the molecule is CN1CCN([C@H]2CN(C(=O)CCC3CCCC3)C[C@@H]2O)CC1. The molecule has 0 aromatic rings. The third kappa shape index (κ3) is 3.81. The minimum absolute atomic E-state index is 0.143. The van der Waals surface area contributed by atoms with Crippen molar-refractivity contribution < 1.29 is 9.90 Å². The molecule has 1 aliphatic carbocycles. The van der Waals surface area contributed by atoms with Crippen LogP contribution in [0.2, 0.25) is 0 Å². The Morgan fingerprint density at radius 3 is 2.45 bits per heavy atom. The molecule has 5 nitrogen and oxygen atoms in total. The maximum absolute atomic E-state index is 12.4. The number of likely N-dealkylation sites (N-methyl/N-ethyl adjacent to an activating group) is 1. The first kappa shape index (κ1) is 16.2. The summed E-state index contributed by atoms with van der Waals surface area (Å²) >= 11 is 0. The normalized spacial score (nSPS) is 32.0. The van der Waals surface area contributed by atoms with Crippen LogP contribution in [0.25, 0.3) is 0 Å². The van der Waals surface area contributed by atoms with Crippen molar-refractivity contribution in [1.29, 1.82) is 0 Å². The number of β-amino-alcohol motifs (C(OH)–C–C–N with tert-alkyl or cyclic N) is 1. The molecule has 1 N–H and O–H groups in total. The lowest BCUT2D eigenvalue weighted by molar-refractivity contribution is -0.130. The number of carbonyl (C=O) groups is 1. The van der Waals surface area contributed by atoms with Crippen LogP contribution in [-0.4, -0.2) is 84.2 Å². The monoisotopic (exact) mass is 309 g/mol. The van der Waals surface area contributed by atoms with Crippen LogP contribution in [0.1, 0.15) is 38.5 Å². The maximum Gasteiger partial charge on any atom is 0.222 e. The molecule has 2 saturated heterocycles. The third-order valence-electron chi connectivity index (χ3n) is 5.86. The first-order valence-corrected chi connectivity index (χ1v) is 9.02. The van der Waals surface area contributed by atoms with E-state index in [9.17, 15) is 9.90 Å². The van der Waals surface area contributed by atoms with Gasteiger partial charge in [0.05, 0.1) is 12.1 Å². The molecule has 1 amide bonds. The molecule has 3 fully saturated rings. The minimum Gasteiger partial charge on any atom is -0.390 e. The van der Waals surface area contributed by atoms with E-state index in [1.165, 1.54) is 25.7 Å². The fourth-order valence-electron chi connectivity index (χ4n) is 4.27. The number of aliphatic hydroxyl groups is 1. The van der Waals surface area contributed by atoms with Gasteiger partial charge in [0.15, 0.2) is 0 Å². The molecule has 5 heteroatoms. The molecule has 0 aromatic heterocycles. The van der Waals surface area contributed by atoms with Crippen molar-refractivity contribution in [2.45, 2.75) is 50.7 Å². The molecule has 0 bridgehead atoms. The van der Waals surface area contributed by atoms with Gasteiger partial charge in [0, 0.05) is 45.7 Å². The smallest absolute Gasteiger partial charge is 0.222 e. The van der Waals surface area contributed by atoms with Crippen LogP contribution in [0.15, 0.2) is 0 Å². The van der Waals surface area contributed by atoms with Crippen molar-refractivity contribution >= 4 is 5.91 Å². The molecule has 0 spiro atoms. The van der Waals surface area contributed by atoms with Gasteiger partial charge in [0.25, 0.3) is 0 Å². The quantitative estimate of drug-likeness (QED) is 0.833. The molecule has 3 rings (SSSR count). The largest absolute Gasteiger partial charge is 0.390 e. The predicted molar refractivity (Wildman–Crippen MR) is 86.6 cm³/mol. The van der Waals surface area contributed by atoms with Crippen LogP contribution in [0.5, 0.6) is 0 Å². The molecular formula is C17H31N3O2. The topological polar surface area (TPSA) is 47.0 Å². The fraction of sp³-hybridized carbons (Fsp3) is 0.941. The zero-order valence-electron chi connectivity index (χ0n) is 13.9. The Labute approximate surface area is 134 Å². The van der Waals surface area contributed by atoms with E-state index in [-0.39, 0.29) is 18.1 Å². The molecule has 2 heterocycles. The summed E-state index contributed by atoms with van der Waals surface area (Å²) in [6.07, 6.45) is 6.63. The highest BCUT2D eigenvalue weighted by Crippen LogP contribution is 2.29. The van der Waals surface area contributed by atoms with E-state index < -0.39 is 0 Å². The van der Waals surface area contributed by atoms with Gasteiger partial charge in [-0.25, -0.2) is 0 Å². The van der Waals surface area contributed by atoms with Gasteiger partial charge in [-0.3, -0.25) is 9.69 Å². The van der Waals surface area contributed by atoms with E-state index >= 15 is 0 Å². The molecule has 0 aromatic carbocycles. The Morgan fingerprint density at radius 2 is 1.77 bits per heavy atom. The van der Waals surface area contributed by atoms with Crippen molar-refractivity contribution in [2.75, 3.05) is 46.3 Å². The zero-order valence-corrected chi connectivity index (χ0v) is 13.9. The molecule has 0 radical (unpaired) electrons. The average Bonchev–Trinajstić information content (AvgIpc) is 3.15. The number of piperazine rings is 1. The number of hydrogen-bond acceptors (Lipinski definition) is 4. The van der Waals surface area contributed by atoms with Crippen molar-refractivity contribution in [3.63, 3.8) is 0 Å². The van der Waals surface area contributed by atoms with Gasteiger partial charge in [-0.1, -0.05) is 25.7 Å². The first-order valence-electron chi connectivity index (χ1n) is 9.02. The lowest BCUT2D eigenvalue weighted by atomic mass is 10.0. The van der Waals surface area contributed by atoms with Crippen LogP contribution in [-0.2, 0) is 4.79 Å². The van der Waals surface area contributed by atoms with Crippen LogP contribution in [0.3, 0.4) is 0 Å². The molecule has 22 heavy (non-hydrogen) atoms. The Morgan fingerprint density at radius 1 is 1.09 bits per heavy atom. The summed E-state index contributed by atoms with van der Waals surface area (Å²) in [5.41, 5.74) is 0. The number of hydrogen-bond donors (Lipinski definition) is 1. The Balaban J connectivity index is 1.46. The molecule has 2 aliphatic heterocycles. The van der Waals surface area contributed by atoms with Crippen LogP contribution in [0, 0.1) is 5.92 Å². The summed E-state index contributed by atoms with van der Waals surface area (Å²) < 4.78 is 0. The lowest BCUT2D eigenvalue weighted by Gasteiger charge is -2.37. The van der Waals surface area contributed by atoms with E-state index in [0.717, 1.165) is 38.5 Å². The standard InChI is InChI=1S/C17H31N3O2/c1-18-8-10-19(11-9-18)15-12-20(13-16(15)21)17(22)7-6-14-4-2-3-5-14/h14-16,21H,2-13H2,1H3/t15-,16-/m0/s1. The summed E-state index contributed by atoms with van der Waals surface area (Å²) in [4.78, 5) is 19.0. The van der Waals surface area contributed by atoms with Crippen molar-refractivity contribution in [1.82, 2.24) is 14.7 Å². The van der Waals surface area contributed by atoms with Crippen molar-refractivity contribution in [3.05, 3.63) is 0 Å². The second-order valence-electron chi connectivity index (χ2n) is 7.46. The van der Waals surface area contributed by atoms with Gasteiger partial charge in [0.1, 0.15) is 0 Å². The van der Waals surface area contributed by atoms with Crippen molar-refractivity contribution in [2.24, 2.45) is 5.92 Å². The van der Waals surface area contributed by atoms with E-state index in [4.69, 9.17) is 0 Å². The average molecular weight is 309 g/mol. The molecule has 0 unspecified atom stereocenters. The lowest BCUT2D eigenvalue weighted by Crippen LogP contribution is -2.52. The minimum atomic E-state index is -0.376. The van der Waals surface area contributed by atoms with Crippen molar-refractivity contribution in [3.8, 4) is 0 Å². The Hall–Kier alpha value is -0.650. The van der Waals surface area contributed by atoms with Gasteiger partial charge in [-0.15, -0.1) is 0 Å². The molecule has 3 aliphatic rings. The highest BCUT2D eigenvalue weighted by Gasteiger charge is 2.38. The summed E-state index contributed by atoms with van der Waals surface area (Å²) in [7, 11) is 2.14. The van der Waals surface area contributed by atoms with Gasteiger partial charge in [-0.05, 0) is 19.4 Å². The fourth-order valence-corrected chi connectivity index (χ4v) is 4.27. The second-order valence-corrected chi connectivity index (χ2v) is 7.46. The summed E-state index contributed by atoms with van der Waals surface area (Å²) in [6.45, 7) is 5.36. The maximum atomic E-state index is 12.4. The highest BCUT2D eigenvalue weighted by molar-refractivity contribution is 5.76. The second kappa shape index (κ2) is 7.28. The number of aliphatic hydroxyl groups excluding tert-OH is 1. The molecule has 2 atom stereocenters. The summed E-state index contributed by atoms with van der Waals surface area (Å²) in [5, 5.41) is 10.4. The van der Waals surface area contributed by atoms with E-state index in [1.54, 1.807) is 0 Å². The molecular weight excluding hydrogens is 278 g/mol. The Bertz CT molecular complexity index is 376. The zero-order chi connectivity index (χ0) is 15.5. The van der Waals surface area contributed by atoms with Gasteiger partial charge in [-0.2, -0.15) is 0 Å². The van der Waals surface area contributed by atoms with E-state index in [1.807, 2.05) is 4.90 Å². The van der Waals surface area contributed by atoms with Crippen LogP contribution in [0.4, 0.5) is 0 Å². The van der Waals surface area contributed by atoms with E-state index in [0.29, 0.717) is 19.5 Å². The van der Waals surface area contributed by atoms with Crippen LogP contribution < -0.4 is 0 Å². The molecule has 1 saturated carbocycles. The van der Waals surface area contributed by atoms with E-state index in [2.05, 4.69) is 16.8 Å². The Kier molecular flexibility index (Phi) is 5.37. The van der Waals surface area contributed by atoms with Gasteiger partial charge in [0.2, 0.25) is 5.91 Å². The highest BCUT2D eigenvalue weighted by atomic mass is 16.3. The third-order valence-corrected chi connectivity index (χ3v) is 5.86. The van der Waals surface area contributed by atoms with Crippen LogP contribution >= 0.6 is 0 Å². The number of rotatable bonds is 4. The number of likely N-dealkylation sites (tertiary alicyclic amines) is 1. The number of nitrogens with zero attached hydrogens (tertiary/aromatic N) is 3. The number of carbonyl (C=O) groups excluding carboxylic acids is 1. The first-order chi connectivity index (χ1) is 10.6. The van der Waals surface area contributed by atoms with Gasteiger partial charge >= 0.3 is 0 Å². The number of amides is 1. The summed E-state index contributed by atoms with van der Waals surface area (Å²) in [5.74, 6) is 1.02. The van der Waals surface area contributed by atoms with Gasteiger partial charge < -0.3 is 14.9 Å². The summed E-state index contributed by atoms with van der Waals surface area (Å²) in [6, 6.07) is 0.143.